The van der Waals surface area contributed by atoms with Gasteiger partial charge < -0.3 is 30.4 Å². The third-order valence-electron chi connectivity index (χ3n) is 6.74. The summed E-state index contributed by atoms with van der Waals surface area (Å²) >= 11 is 0. The van der Waals surface area contributed by atoms with Gasteiger partial charge in [-0.25, -0.2) is 23.2 Å². The Morgan fingerprint density at radius 3 is 1.88 bits per heavy atom. The molecule has 0 saturated heterocycles. The molecule has 0 unspecified atom stereocenters. The first kappa shape index (κ1) is 29.8. The molecule has 0 radical (unpaired) electrons. The first-order valence-electron chi connectivity index (χ1n) is 13.6. The number of hydrogen-bond acceptors (Lipinski definition) is 8. The maximum atomic E-state index is 13.5. The van der Waals surface area contributed by atoms with Gasteiger partial charge in [0, 0.05) is 25.0 Å². The fourth-order valence-corrected chi connectivity index (χ4v) is 4.52. The SMILES string of the molecule is CC[C@@H](C[C@H]1COC(N)=N1)Oc1cc(F)c(F)cc1F.CC[C@@H](C[C@H]1COC(N)=N1)Oc1ccc2ccccc2c1. The van der Waals surface area contributed by atoms with Crippen molar-refractivity contribution < 1.29 is 32.1 Å². The monoisotopic (exact) mass is 572 g/mol. The summed E-state index contributed by atoms with van der Waals surface area (Å²) in [5.74, 6) is -2.75. The fraction of sp³-hybridized carbons (Fsp3) is 0.400. The van der Waals surface area contributed by atoms with E-state index < -0.39 is 23.6 Å². The molecule has 0 saturated carbocycles. The van der Waals surface area contributed by atoms with Crippen molar-refractivity contribution in [2.24, 2.45) is 21.5 Å². The van der Waals surface area contributed by atoms with Crippen molar-refractivity contribution in [3.8, 4) is 11.5 Å². The Labute approximate surface area is 237 Å². The Balaban J connectivity index is 0.000000189. The summed E-state index contributed by atoms with van der Waals surface area (Å²) in [5, 5.41) is 2.41. The first-order chi connectivity index (χ1) is 19.7. The fourth-order valence-electron chi connectivity index (χ4n) is 4.52. The van der Waals surface area contributed by atoms with Crippen molar-refractivity contribution in [2.45, 2.75) is 63.8 Å². The average molecular weight is 573 g/mol. The van der Waals surface area contributed by atoms with Crippen LogP contribution >= 0.6 is 0 Å². The summed E-state index contributed by atoms with van der Waals surface area (Å²) < 4.78 is 61.1. The normalized spacial score (nSPS) is 19.2. The van der Waals surface area contributed by atoms with Gasteiger partial charge >= 0.3 is 0 Å². The molecule has 11 heteroatoms. The van der Waals surface area contributed by atoms with E-state index in [-0.39, 0.29) is 30.0 Å². The lowest BCUT2D eigenvalue weighted by Crippen LogP contribution is -2.23. The Morgan fingerprint density at radius 1 is 0.756 bits per heavy atom. The lowest BCUT2D eigenvalue weighted by molar-refractivity contribution is 0.161. The van der Waals surface area contributed by atoms with E-state index in [1.54, 1.807) is 0 Å². The number of nitrogens with zero attached hydrogens (tertiary/aromatic N) is 2. The molecular formula is C30H35F3N4O4. The van der Waals surface area contributed by atoms with E-state index in [1.807, 2.05) is 25.1 Å². The number of aliphatic imine (C=N–C) groups is 2. The molecule has 220 valence electrons. The quantitative estimate of drug-likeness (QED) is 0.312. The number of nitrogens with two attached hydrogens (primary N) is 2. The van der Waals surface area contributed by atoms with Crippen LogP contribution in [0.15, 0.2) is 64.6 Å². The summed E-state index contributed by atoms with van der Waals surface area (Å²) in [4.78, 5) is 8.30. The number of ether oxygens (including phenoxy) is 4. The van der Waals surface area contributed by atoms with Crippen LogP contribution in [0.4, 0.5) is 13.2 Å². The van der Waals surface area contributed by atoms with Gasteiger partial charge in [0.2, 0.25) is 0 Å². The van der Waals surface area contributed by atoms with Crippen molar-refractivity contribution in [3.05, 3.63) is 72.0 Å². The van der Waals surface area contributed by atoms with Gasteiger partial charge in [-0.2, -0.15) is 0 Å². The topological polar surface area (TPSA) is 114 Å². The minimum atomic E-state index is -1.25. The Kier molecular flexibility index (Phi) is 10.2. The Hall–Kier alpha value is -4.15. The number of fused-ring (bicyclic) bond motifs is 1. The second-order valence-electron chi connectivity index (χ2n) is 9.84. The van der Waals surface area contributed by atoms with Crippen molar-refractivity contribution in [3.63, 3.8) is 0 Å². The van der Waals surface area contributed by atoms with E-state index in [9.17, 15) is 13.2 Å². The maximum Gasteiger partial charge on any atom is 0.282 e. The molecule has 0 spiro atoms. The molecule has 0 bridgehead atoms. The second kappa shape index (κ2) is 14.0. The molecule has 2 aliphatic rings. The van der Waals surface area contributed by atoms with Crippen molar-refractivity contribution >= 4 is 22.8 Å². The average Bonchev–Trinajstić information content (AvgIpc) is 3.57. The molecule has 8 nitrogen and oxygen atoms in total. The van der Waals surface area contributed by atoms with Crippen LogP contribution in [0.5, 0.6) is 11.5 Å². The van der Waals surface area contributed by atoms with E-state index in [2.05, 4.69) is 41.2 Å². The van der Waals surface area contributed by atoms with Gasteiger partial charge in [-0.1, -0.05) is 44.2 Å². The number of halogens is 3. The molecule has 41 heavy (non-hydrogen) atoms. The number of benzene rings is 3. The molecule has 5 rings (SSSR count). The Bertz CT molecular complexity index is 1390. The molecule has 3 aromatic carbocycles. The van der Waals surface area contributed by atoms with Crippen LogP contribution in [0.2, 0.25) is 0 Å². The molecule has 4 atom stereocenters. The lowest BCUT2D eigenvalue weighted by atomic mass is 10.1. The van der Waals surface area contributed by atoms with E-state index in [0.29, 0.717) is 44.2 Å². The van der Waals surface area contributed by atoms with E-state index in [1.165, 1.54) is 10.8 Å². The van der Waals surface area contributed by atoms with Crippen LogP contribution in [0.3, 0.4) is 0 Å². The molecule has 4 N–H and O–H groups in total. The van der Waals surface area contributed by atoms with Crippen LogP contribution in [0.25, 0.3) is 10.8 Å². The Morgan fingerprint density at radius 2 is 1.32 bits per heavy atom. The van der Waals surface area contributed by atoms with Crippen molar-refractivity contribution in [1.29, 1.82) is 0 Å². The first-order valence-corrected chi connectivity index (χ1v) is 13.6. The summed E-state index contributed by atoms with van der Waals surface area (Å²) in [6.07, 6.45) is 2.50. The van der Waals surface area contributed by atoms with Crippen LogP contribution in [-0.2, 0) is 9.47 Å². The summed E-state index contributed by atoms with van der Waals surface area (Å²) in [7, 11) is 0. The third-order valence-corrected chi connectivity index (χ3v) is 6.74. The van der Waals surface area contributed by atoms with Gasteiger partial charge in [-0.3, -0.25) is 0 Å². The van der Waals surface area contributed by atoms with Gasteiger partial charge in [0.05, 0.1) is 12.1 Å². The van der Waals surface area contributed by atoms with E-state index >= 15 is 0 Å². The molecule has 0 amide bonds. The minimum absolute atomic E-state index is 0.107. The van der Waals surface area contributed by atoms with Crippen LogP contribution in [0.1, 0.15) is 39.5 Å². The van der Waals surface area contributed by atoms with Gasteiger partial charge in [0.1, 0.15) is 31.2 Å². The van der Waals surface area contributed by atoms with Crippen LogP contribution in [0, 0.1) is 17.5 Å². The minimum Gasteiger partial charge on any atom is -0.490 e. The molecule has 0 aromatic heterocycles. The zero-order chi connectivity index (χ0) is 29.4. The van der Waals surface area contributed by atoms with Gasteiger partial charge in [0.25, 0.3) is 12.0 Å². The van der Waals surface area contributed by atoms with Crippen LogP contribution in [-0.4, -0.2) is 49.5 Å². The second-order valence-corrected chi connectivity index (χ2v) is 9.84. The smallest absolute Gasteiger partial charge is 0.282 e. The number of hydrogen-bond donors (Lipinski definition) is 2. The van der Waals surface area contributed by atoms with E-state index in [4.69, 9.17) is 30.4 Å². The van der Waals surface area contributed by atoms with E-state index in [0.717, 1.165) is 18.6 Å². The van der Waals surface area contributed by atoms with Crippen LogP contribution < -0.4 is 20.9 Å². The highest BCUT2D eigenvalue weighted by Crippen LogP contribution is 2.25. The lowest BCUT2D eigenvalue weighted by Gasteiger charge is -2.19. The standard InChI is InChI=1S/C17H20N2O2.C13H15F3N2O2/c1-2-15(10-14-11-20-17(18)19-14)21-16-8-7-12-5-3-4-6-13(12)9-16;1-2-8(3-7-6-19-13(17)18-7)20-12-5-10(15)9(14)4-11(12)16/h3-9,14-15H,2,10-11H2,1H3,(H2,18,19);4-5,7-8H,2-3,6H2,1H3,(H2,17,18)/t14-,15-;7-,8-/m00/s1. The zero-order valence-corrected chi connectivity index (χ0v) is 23.1. The molecule has 2 heterocycles. The highest BCUT2D eigenvalue weighted by molar-refractivity contribution is 5.83. The molecule has 3 aromatic rings. The third kappa shape index (κ3) is 8.42. The zero-order valence-electron chi connectivity index (χ0n) is 23.1. The predicted octanol–water partition coefficient (Wildman–Crippen LogP) is 5.47. The summed E-state index contributed by atoms with van der Waals surface area (Å²) in [5.41, 5.74) is 10.9. The maximum absolute atomic E-state index is 13.5. The molecule has 0 fully saturated rings. The largest absolute Gasteiger partial charge is 0.490 e. The summed E-state index contributed by atoms with van der Waals surface area (Å²) in [6, 6.07) is 16.0. The number of amidine groups is 2. The van der Waals surface area contributed by atoms with Gasteiger partial charge in [0.15, 0.2) is 23.2 Å². The highest BCUT2D eigenvalue weighted by atomic mass is 19.2. The molecular weight excluding hydrogens is 537 g/mol. The van der Waals surface area contributed by atoms with Crippen molar-refractivity contribution in [2.75, 3.05) is 13.2 Å². The highest BCUT2D eigenvalue weighted by Gasteiger charge is 2.24. The van der Waals surface area contributed by atoms with Gasteiger partial charge in [-0.15, -0.1) is 0 Å². The molecule has 2 aliphatic heterocycles. The van der Waals surface area contributed by atoms with Gasteiger partial charge in [-0.05, 0) is 35.7 Å². The number of rotatable bonds is 10. The predicted molar refractivity (Wildman–Crippen MR) is 152 cm³/mol. The molecule has 0 aliphatic carbocycles. The summed E-state index contributed by atoms with van der Waals surface area (Å²) in [6.45, 7) is 4.86. The van der Waals surface area contributed by atoms with Crippen molar-refractivity contribution in [1.82, 2.24) is 0 Å².